The number of carboxylic acids is 1. The Labute approximate surface area is 123 Å². The highest BCUT2D eigenvalue weighted by atomic mass is 16.5. The molecule has 0 aromatic heterocycles. The first-order valence-electron chi connectivity index (χ1n) is 6.86. The monoisotopic (exact) mass is 295 g/mol. The van der Waals surface area contributed by atoms with Crippen LogP contribution in [0.25, 0.3) is 0 Å². The second-order valence-corrected chi connectivity index (χ2v) is 4.71. The zero-order chi connectivity index (χ0) is 15.7. The number of aryl methyl sites for hydroxylation is 1. The third kappa shape index (κ3) is 6.76. The highest BCUT2D eigenvalue weighted by molar-refractivity contribution is 5.76. The summed E-state index contributed by atoms with van der Waals surface area (Å²) in [5.74, 6) is -0.653. The largest absolute Gasteiger partial charge is 0.493 e. The highest BCUT2D eigenvalue weighted by Crippen LogP contribution is 2.16. The van der Waals surface area contributed by atoms with Crippen LogP contribution in [0.15, 0.2) is 24.3 Å². The molecule has 6 heteroatoms. The van der Waals surface area contributed by atoms with E-state index >= 15 is 0 Å². The van der Waals surface area contributed by atoms with Crippen molar-refractivity contribution in [3.63, 3.8) is 0 Å². The maximum Gasteiger partial charge on any atom is 0.332 e. The van der Waals surface area contributed by atoms with E-state index in [2.05, 4.69) is 5.32 Å². The van der Waals surface area contributed by atoms with Crippen LogP contribution in [-0.2, 0) is 9.59 Å². The molecule has 3 N–H and O–H groups in total. The van der Waals surface area contributed by atoms with Gasteiger partial charge in [-0.25, -0.2) is 4.79 Å². The van der Waals surface area contributed by atoms with E-state index in [1.165, 1.54) is 0 Å². The number of aliphatic hydroxyl groups is 1. The summed E-state index contributed by atoms with van der Waals surface area (Å²) >= 11 is 0. The molecule has 116 valence electrons. The van der Waals surface area contributed by atoms with Crippen LogP contribution in [-0.4, -0.2) is 41.3 Å². The zero-order valence-corrected chi connectivity index (χ0v) is 12.0. The average Bonchev–Trinajstić information content (AvgIpc) is 2.45. The molecule has 21 heavy (non-hydrogen) atoms. The Morgan fingerprint density at radius 2 is 2.05 bits per heavy atom. The fourth-order valence-electron chi connectivity index (χ4n) is 1.69. The SMILES string of the molecule is Cc1ccccc1OCCCC(=O)NCCC(O)C(=O)O. The van der Waals surface area contributed by atoms with Gasteiger partial charge in [0.15, 0.2) is 6.10 Å². The van der Waals surface area contributed by atoms with Gasteiger partial charge in [0.2, 0.25) is 5.91 Å². The topological polar surface area (TPSA) is 95.9 Å². The van der Waals surface area contributed by atoms with Gasteiger partial charge in [0.1, 0.15) is 5.75 Å². The number of nitrogens with one attached hydrogen (secondary N) is 1. The Hall–Kier alpha value is -2.08. The summed E-state index contributed by atoms with van der Waals surface area (Å²) in [6.45, 7) is 2.54. The minimum absolute atomic E-state index is 0.000777. The van der Waals surface area contributed by atoms with Crippen molar-refractivity contribution in [1.29, 1.82) is 0 Å². The van der Waals surface area contributed by atoms with Gasteiger partial charge in [-0.15, -0.1) is 0 Å². The van der Waals surface area contributed by atoms with Gasteiger partial charge < -0.3 is 20.3 Å². The third-order valence-electron chi connectivity index (χ3n) is 2.92. The Morgan fingerprint density at radius 1 is 1.33 bits per heavy atom. The molecule has 1 atom stereocenters. The van der Waals surface area contributed by atoms with E-state index < -0.39 is 12.1 Å². The molecule has 0 heterocycles. The number of hydrogen-bond acceptors (Lipinski definition) is 4. The van der Waals surface area contributed by atoms with Crippen LogP contribution in [0.3, 0.4) is 0 Å². The Kier molecular flexibility index (Phi) is 7.25. The molecule has 0 fully saturated rings. The number of benzene rings is 1. The fraction of sp³-hybridized carbons (Fsp3) is 0.467. The second-order valence-electron chi connectivity index (χ2n) is 4.71. The molecule has 6 nitrogen and oxygen atoms in total. The van der Waals surface area contributed by atoms with Crippen LogP contribution >= 0.6 is 0 Å². The van der Waals surface area contributed by atoms with Crippen molar-refractivity contribution in [2.24, 2.45) is 0 Å². The zero-order valence-electron chi connectivity index (χ0n) is 12.0. The molecule has 0 saturated heterocycles. The van der Waals surface area contributed by atoms with E-state index in [0.717, 1.165) is 11.3 Å². The minimum Gasteiger partial charge on any atom is -0.493 e. The molecule has 0 aliphatic carbocycles. The summed E-state index contributed by atoms with van der Waals surface area (Å²) in [6, 6.07) is 7.66. The predicted octanol–water partition coefficient (Wildman–Crippen LogP) is 1.11. The lowest BCUT2D eigenvalue weighted by atomic mass is 10.2. The molecule has 0 bridgehead atoms. The summed E-state index contributed by atoms with van der Waals surface area (Å²) in [6.07, 6.45) is -0.563. The van der Waals surface area contributed by atoms with E-state index in [9.17, 15) is 9.59 Å². The molecule has 1 amide bonds. The van der Waals surface area contributed by atoms with Gasteiger partial charge in [-0.1, -0.05) is 18.2 Å². The molecule has 1 aromatic rings. The highest BCUT2D eigenvalue weighted by Gasteiger charge is 2.12. The fourth-order valence-corrected chi connectivity index (χ4v) is 1.69. The molecule has 1 aromatic carbocycles. The van der Waals surface area contributed by atoms with Crippen LogP contribution in [0.5, 0.6) is 5.75 Å². The average molecular weight is 295 g/mol. The van der Waals surface area contributed by atoms with Crippen LogP contribution < -0.4 is 10.1 Å². The van der Waals surface area contributed by atoms with Crippen molar-refractivity contribution in [3.8, 4) is 5.75 Å². The van der Waals surface area contributed by atoms with Crippen LogP contribution in [0, 0.1) is 6.92 Å². The molecule has 0 spiro atoms. The smallest absolute Gasteiger partial charge is 0.332 e. The van der Waals surface area contributed by atoms with E-state index in [4.69, 9.17) is 14.9 Å². The van der Waals surface area contributed by atoms with Crippen LogP contribution in [0.1, 0.15) is 24.8 Å². The molecular formula is C15H21NO5. The summed E-state index contributed by atoms with van der Waals surface area (Å²) in [5, 5.41) is 20.1. The number of ether oxygens (including phenoxy) is 1. The van der Waals surface area contributed by atoms with Gasteiger partial charge in [-0.05, 0) is 25.0 Å². The van der Waals surface area contributed by atoms with Gasteiger partial charge in [0, 0.05) is 19.4 Å². The van der Waals surface area contributed by atoms with Gasteiger partial charge in [-0.2, -0.15) is 0 Å². The van der Waals surface area contributed by atoms with Crippen molar-refractivity contribution >= 4 is 11.9 Å². The van der Waals surface area contributed by atoms with Gasteiger partial charge in [0.25, 0.3) is 0 Å². The van der Waals surface area contributed by atoms with Crippen molar-refractivity contribution in [2.45, 2.75) is 32.3 Å². The first kappa shape index (κ1) is 17.0. The first-order valence-corrected chi connectivity index (χ1v) is 6.86. The number of aliphatic hydroxyl groups excluding tert-OH is 1. The number of aliphatic carboxylic acids is 1. The summed E-state index contributed by atoms with van der Waals surface area (Å²) in [5.41, 5.74) is 1.05. The van der Waals surface area contributed by atoms with Crippen molar-refractivity contribution in [3.05, 3.63) is 29.8 Å². The molecule has 0 aliphatic heterocycles. The number of carbonyl (C=O) groups excluding carboxylic acids is 1. The quantitative estimate of drug-likeness (QED) is 0.593. The van der Waals surface area contributed by atoms with Crippen molar-refractivity contribution in [1.82, 2.24) is 5.32 Å². The van der Waals surface area contributed by atoms with E-state index in [1.807, 2.05) is 31.2 Å². The normalized spacial score (nSPS) is 11.7. The molecule has 0 aliphatic rings. The lowest BCUT2D eigenvalue weighted by molar-refractivity contribution is -0.147. The number of para-hydroxylation sites is 1. The third-order valence-corrected chi connectivity index (χ3v) is 2.92. The maximum absolute atomic E-state index is 11.5. The molecule has 1 unspecified atom stereocenters. The van der Waals surface area contributed by atoms with E-state index in [1.54, 1.807) is 0 Å². The summed E-state index contributed by atoms with van der Waals surface area (Å²) in [4.78, 5) is 21.8. The number of carbonyl (C=O) groups is 2. The molecular weight excluding hydrogens is 274 g/mol. The Bertz CT molecular complexity index is 475. The first-order chi connectivity index (χ1) is 10.0. The number of carboxylic acid groups (broad SMARTS) is 1. The van der Waals surface area contributed by atoms with Crippen LogP contribution in [0.4, 0.5) is 0 Å². The van der Waals surface area contributed by atoms with E-state index in [-0.39, 0.29) is 18.9 Å². The summed E-state index contributed by atoms with van der Waals surface area (Å²) < 4.78 is 5.56. The number of hydrogen-bond donors (Lipinski definition) is 3. The Balaban J connectivity index is 2.11. The lowest BCUT2D eigenvalue weighted by Crippen LogP contribution is -2.30. The van der Waals surface area contributed by atoms with Gasteiger partial charge in [0.05, 0.1) is 6.61 Å². The summed E-state index contributed by atoms with van der Waals surface area (Å²) in [7, 11) is 0. The number of rotatable bonds is 9. The van der Waals surface area contributed by atoms with E-state index in [0.29, 0.717) is 19.4 Å². The minimum atomic E-state index is -1.44. The van der Waals surface area contributed by atoms with Gasteiger partial charge in [-0.3, -0.25) is 4.79 Å². The van der Waals surface area contributed by atoms with Crippen LogP contribution in [0.2, 0.25) is 0 Å². The maximum atomic E-state index is 11.5. The molecule has 1 rings (SSSR count). The molecule has 0 saturated carbocycles. The second kappa shape index (κ2) is 8.97. The van der Waals surface area contributed by atoms with Gasteiger partial charge >= 0.3 is 5.97 Å². The molecule has 0 radical (unpaired) electrons. The Morgan fingerprint density at radius 3 is 2.71 bits per heavy atom. The van der Waals surface area contributed by atoms with Crippen molar-refractivity contribution < 1.29 is 24.5 Å². The van der Waals surface area contributed by atoms with Crippen molar-refractivity contribution in [2.75, 3.05) is 13.2 Å². The lowest BCUT2D eigenvalue weighted by Gasteiger charge is -2.09. The predicted molar refractivity (Wildman–Crippen MR) is 77.2 cm³/mol. The standard InChI is InChI=1S/C15H21NO5/c1-11-5-2-3-6-13(11)21-10-4-7-14(18)16-9-8-12(17)15(19)20/h2-3,5-6,12,17H,4,7-10H2,1H3,(H,16,18)(H,19,20). The number of amides is 1.